The van der Waals surface area contributed by atoms with Gasteiger partial charge in [0.2, 0.25) is 0 Å². The van der Waals surface area contributed by atoms with Crippen LogP contribution in [0.3, 0.4) is 0 Å². The lowest BCUT2D eigenvalue weighted by Crippen LogP contribution is -2.27. The molecule has 1 aromatic heterocycles. The molecule has 1 heterocycles. The second kappa shape index (κ2) is 8.45. The van der Waals surface area contributed by atoms with E-state index < -0.39 is 5.82 Å². The SMILES string of the molecule is C[C@@H](NC(=O)c1ccc2c(=O)n(-c3ccc(F)cc3)c(=S)[nH]c2c1)c1ccc(Cl)cc1. The monoisotopic (exact) mass is 453 g/mol. The van der Waals surface area contributed by atoms with E-state index in [1.165, 1.54) is 28.8 Å². The maximum absolute atomic E-state index is 13.2. The molecule has 4 aromatic rings. The minimum atomic E-state index is -0.407. The number of carbonyl (C=O) groups excluding carboxylic acids is 1. The second-order valence-corrected chi connectivity index (χ2v) is 7.88. The van der Waals surface area contributed by atoms with Crippen molar-refractivity contribution in [3.63, 3.8) is 0 Å². The van der Waals surface area contributed by atoms with Crippen LogP contribution in [-0.2, 0) is 0 Å². The van der Waals surface area contributed by atoms with Crippen molar-refractivity contribution in [2.75, 3.05) is 0 Å². The van der Waals surface area contributed by atoms with Crippen molar-refractivity contribution >= 4 is 40.6 Å². The molecule has 1 amide bonds. The molecule has 0 aliphatic rings. The van der Waals surface area contributed by atoms with E-state index in [0.717, 1.165) is 5.56 Å². The van der Waals surface area contributed by atoms with Gasteiger partial charge in [-0.15, -0.1) is 0 Å². The molecule has 0 aliphatic heterocycles. The number of aromatic amines is 1. The number of amides is 1. The highest BCUT2D eigenvalue weighted by atomic mass is 35.5. The number of nitrogens with zero attached hydrogens (tertiary/aromatic N) is 1. The standard InChI is InChI=1S/C23H17ClFN3O2S/c1-13(14-2-5-16(24)6-3-14)26-21(29)15-4-11-19-20(12-15)27-23(31)28(22(19)30)18-9-7-17(25)8-10-18/h2-13H,1H3,(H,26,29)(H,27,31)/t13-/m1/s1. The predicted molar refractivity (Wildman–Crippen MR) is 122 cm³/mol. The first kappa shape index (κ1) is 21.0. The zero-order valence-electron chi connectivity index (χ0n) is 16.4. The van der Waals surface area contributed by atoms with Crippen LogP contribution in [-0.4, -0.2) is 15.5 Å². The van der Waals surface area contributed by atoms with Gasteiger partial charge < -0.3 is 10.3 Å². The van der Waals surface area contributed by atoms with Crippen LogP contribution in [0.5, 0.6) is 0 Å². The lowest BCUT2D eigenvalue weighted by Gasteiger charge is -2.15. The number of carbonyl (C=O) groups is 1. The van der Waals surface area contributed by atoms with Crippen molar-refractivity contribution in [3.8, 4) is 5.69 Å². The summed E-state index contributed by atoms with van der Waals surface area (Å²) in [4.78, 5) is 28.7. The van der Waals surface area contributed by atoms with Gasteiger partial charge in [-0.2, -0.15) is 0 Å². The minimum Gasteiger partial charge on any atom is -0.346 e. The second-order valence-electron chi connectivity index (χ2n) is 7.05. The molecule has 0 spiro atoms. The first-order valence-corrected chi connectivity index (χ1v) is 10.2. The largest absolute Gasteiger partial charge is 0.346 e. The molecular weight excluding hydrogens is 437 g/mol. The van der Waals surface area contributed by atoms with Crippen molar-refractivity contribution in [1.82, 2.24) is 14.9 Å². The summed E-state index contributed by atoms with van der Waals surface area (Å²) in [5, 5.41) is 3.91. The fraction of sp³-hybridized carbons (Fsp3) is 0.0870. The number of benzene rings is 3. The van der Waals surface area contributed by atoms with Gasteiger partial charge in [0.25, 0.3) is 11.5 Å². The molecule has 2 N–H and O–H groups in total. The average molecular weight is 454 g/mol. The maximum Gasteiger partial charge on any atom is 0.266 e. The van der Waals surface area contributed by atoms with Gasteiger partial charge in [0, 0.05) is 10.6 Å². The summed E-state index contributed by atoms with van der Waals surface area (Å²) in [6.45, 7) is 1.87. The van der Waals surface area contributed by atoms with E-state index in [4.69, 9.17) is 23.8 Å². The van der Waals surface area contributed by atoms with E-state index in [9.17, 15) is 14.0 Å². The molecule has 3 aromatic carbocycles. The Balaban J connectivity index is 1.66. The van der Waals surface area contributed by atoms with E-state index >= 15 is 0 Å². The molecular formula is C23H17ClFN3O2S. The number of nitrogens with one attached hydrogen (secondary N) is 2. The van der Waals surface area contributed by atoms with Crippen molar-refractivity contribution in [2.45, 2.75) is 13.0 Å². The van der Waals surface area contributed by atoms with Crippen LogP contribution in [0.1, 0.15) is 28.9 Å². The van der Waals surface area contributed by atoms with Crippen LogP contribution >= 0.6 is 23.8 Å². The molecule has 0 radical (unpaired) electrons. The van der Waals surface area contributed by atoms with E-state index in [2.05, 4.69) is 10.3 Å². The number of hydrogen-bond acceptors (Lipinski definition) is 3. The normalized spacial score (nSPS) is 12.0. The van der Waals surface area contributed by atoms with Gasteiger partial charge in [0.05, 0.1) is 22.6 Å². The van der Waals surface area contributed by atoms with Gasteiger partial charge in [-0.1, -0.05) is 23.7 Å². The smallest absolute Gasteiger partial charge is 0.266 e. The van der Waals surface area contributed by atoms with Gasteiger partial charge in [-0.3, -0.25) is 14.2 Å². The molecule has 1 atom stereocenters. The van der Waals surface area contributed by atoms with Crippen LogP contribution in [0.4, 0.5) is 4.39 Å². The van der Waals surface area contributed by atoms with Gasteiger partial charge in [0.15, 0.2) is 4.77 Å². The molecule has 0 saturated carbocycles. The summed E-state index contributed by atoms with van der Waals surface area (Å²) in [6.07, 6.45) is 0. The molecule has 4 rings (SSSR count). The summed E-state index contributed by atoms with van der Waals surface area (Å²) < 4.78 is 14.7. The predicted octanol–water partition coefficient (Wildman–Crippen LogP) is 5.33. The van der Waals surface area contributed by atoms with E-state index in [0.29, 0.717) is 27.2 Å². The highest BCUT2D eigenvalue weighted by Crippen LogP contribution is 2.18. The molecule has 0 saturated heterocycles. The Bertz CT molecular complexity index is 1400. The Morgan fingerprint density at radius 3 is 2.45 bits per heavy atom. The lowest BCUT2D eigenvalue weighted by molar-refractivity contribution is 0.0940. The first-order valence-electron chi connectivity index (χ1n) is 9.45. The Labute approximate surface area is 187 Å². The van der Waals surface area contributed by atoms with Crippen LogP contribution < -0.4 is 10.9 Å². The molecule has 0 fully saturated rings. The number of hydrogen-bond donors (Lipinski definition) is 2. The number of H-pyrrole nitrogens is 1. The van der Waals surface area contributed by atoms with Crippen LogP contribution in [0.2, 0.25) is 5.02 Å². The van der Waals surface area contributed by atoms with Crippen LogP contribution in [0.25, 0.3) is 16.6 Å². The molecule has 156 valence electrons. The zero-order chi connectivity index (χ0) is 22.1. The summed E-state index contributed by atoms with van der Waals surface area (Å²) in [5.41, 5.74) is 1.85. The quantitative estimate of drug-likeness (QED) is 0.410. The molecule has 0 aliphatic carbocycles. The van der Waals surface area contributed by atoms with Gasteiger partial charge in [-0.25, -0.2) is 4.39 Å². The number of rotatable bonds is 4. The third-order valence-electron chi connectivity index (χ3n) is 4.96. The molecule has 8 heteroatoms. The Morgan fingerprint density at radius 1 is 1.10 bits per heavy atom. The van der Waals surface area contributed by atoms with Crippen LogP contribution in [0.15, 0.2) is 71.5 Å². The van der Waals surface area contributed by atoms with Crippen LogP contribution in [0, 0.1) is 10.6 Å². The first-order chi connectivity index (χ1) is 14.8. The summed E-state index contributed by atoms with van der Waals surface area (Å²) >= 11 is 11.3. The third-order valence-corrected chi connectivity index (χ3v) is 5.50. The van der Waals surface area contributed by atoms with Crippen molar-refractivity contribution in [3.05, 3.63) is 104 Å². The van der Waals surface area contributed by atoms with Crippen molar-refractivity contribution in [2.24, 2.45) is 0 Å². The Morgan fingerprint density at radius 2 is 1.77 bits per heavy atom. The Hall–Kier alpha value is -3.29. The zero-order valence-corrected chi connectivity index (χ0v) is 17.9. The number of halogens is 2. The van der Waals surface area contributed by atoms with Crippen molar-refractivity contribution in [1.29, 1.82) is 0 Å². The van der Waals surface area contributed by atoms with Gasteiger partial charge >= 0.3 is 0 Å². The molecule has 0 unspecified atom stereocenters. The molecule has 0 bridgehead atoms. The summed E-state index contributed by atoms with van der Waals surface area (Å²) in [5.74, 6) is -0.692. The maximum atomic E-state index is 13.2. The fourth-order valence-corrected chi connectivity index (χ4v) is 3.72. The van der Waals surface area contributed by atoms with E-state index in [-0.39, 0.29) is 22.3 Å². The summed E-state index contributed by atoms with van der Waals surface area (Å²) in [6, 6.07) is 17.2. The Kier molecular flexibility index (Phi) is 5.71. The average Bonchev–Trinajstić information content (AvgIpc) is 2.75. The highest BCUT2D eigenvalue weighted by molar-refractivity contribution is 7.71. The minimum absolute atomic E-state index is 0.149. The highest BCUT2D eigenvalue weighted by Gasteiger charge is 2.14. The number of aromatic nitrogens is 2. The van der Waals surface area contributed by atoms with Gasteiger partial charge in [0.1, 0.15) is 5.82 Å². The number of fused-ring (bicyclic) bond motifs is 1. The topological polar surface area (TPSA) is 66.9 Å². The fourth-order valence-electron chi connectivity index (χ4n) is 3.30. The van der Waals surface area contributed by atoms with E-state index in [1.807, 2.05) is 19.1 Å². The summed E-state index contributed by atoms with van der Waals surface area (Å²) in [7, 11) is 0. The van der Waals surface area contributed by atoms with E-state index in [1.54, 1.807) is 30.3 Å². The third kappa shape index (κ3) is 4.28. The molecule has 31 heavy (non-hydrogen) atoms. The lowest BCUT2D eigenvalue weighted by atomic mass is 10.1. The van der Waals surface area contributed by atoms with Gasteiger partial charge in [-0.05, 0) is 79.3 Å². The van der Waals surface area contributed by atoms with Crippen molar-refractivity contribution < 1.29 is 9.18 Å². The molecule has 5 nitrogen and oxygen atoms in total.